The van der Waals surface area contributed by atoms with Crippen LogP contribution in [0.3, 0.4) is 0 Å². The Hall–Kier alpha value is -1.63. The van der Waals surface area contributed by atoms with Crippen molar-refractivity contribution < 1.29 is 14.6 Å². The van der Waals surface area contributed by atoms with Crippen molar-refractivity contribution in [1.82, 2.24) is 4.57 Å². The highest BCUT2D eigenvalue weighted by Crippen LogP contribution is 2.38. The number of halogens is 1. The van der Waals surface area contributed by atoms with Gasteiger partial charge in [-0.1, -0.05) is 32.4 Å². The first-order valence-electron chi connectivity index (χ1n) is 9.34. The molecule has 0 saturated heterocycles. The van der Waals surface area contributed by atoms with E-state index in [1.54, 1.807) is 18.2 Å². The minimum atomic E-state index is -0.574. The fourth-order valence-corrected chi connectivity index (χ4v) is 4.76. The number of rotatable bonds is 4. The van der Waals surface area contributed by atoms with Crippen LogP contribution in [-0.4, -0.2) is 28.3 Å². The number of ether oxygens (including phenoxy) is 1. The average Bonchev–Trinajstić information content (AvgIpc) is 2.96. The Kier molecular flexibility index (Phi) is 5.76. The zero-order chi connectivity index (χ0) is 20.7. The predicted molar refractivity (Wildman–Crippen MR) is 112 cm³/mol. The molecule has 1 aliphatic carbocycles. The maximum atomic E-state index is 12.9. The molecule has 1 aliphatic rings. The van der Waals surface area contributed by atoms with Crippen LogP contribution in [0.25, 0.3) is 0 Å². The molecule has 0 unspecified atom stereocenters. The Labute approximate surface area is 174 Å². The fraction of sp³-hybridized carbons (Fsp3) is 0.524. The second-order valence-corrected chi connectivity index (χ2v) is 10.3. The zero-order valence-corrected chi connectivity index (χ0v) is 18.5. The van der Waals surface area contributed by atoms with E-state index in [2.05, 4.69) is 32.0 Å². The van der Waals surface area contributed by atoms with Crippen molar-refractivity contribution in [1.29, 1.82) is 0 Å². The summed E-state index contributed by atoms with van der Waals surface area (Å²) in [7, 11) is 1.52. The minimum absolute atomic E-state index is 0.0396. The van der Waals surface area contributed by atoms with E-state index in [1.165, 1.54) is 18.4 Å². The monoisotopic (exact) mass is 422 g/mol. The summed E-state index contributed by atoms with van der Waals surface area (Å²) >= 11 is 7.59. The van der Waals surface area contributed by atoms with E-state index < -0.39 is 5.60 Å². The lowest BCUT2D eigenvalue weighted by atomic mass is 9.72. The van der Waals surface area contributed by atoms with Crippen LogP contribution in [0.15, 0.2) is 29.4 Å². The third-order valence-electron chi connectivity index (χ3n) is 4.96. The van der Waals surface area contributed by atoms with Crippen LogP contribution in [0.1, 0.15) is 55.8 Å². The molecule has 28 heavy (non-hydrogen) atoms. The highest BCUT2D eigenvalue weighted by atomic mass is 35.5. The number of hydrogen-bond acceptors (Lipinski definition) is 4. The van der Waals surface area contributed by atoms with Gasteiger partial charge in [0, 0.05) is 22.6 Å². The van der Waals surface area contributed by atoms with Crippen molar-refractivity contribution in [3.05, 3.63) is 44.7 Å². The lowest BCUT2D eigenvalue weighted by Crippen LogP contribution is -2.43. The Bertz CT molecular complexity index is 945. The summed E-state index contributed by atoms with van der Waals surface area (Å²) in [4.78, 5) is 19.1. The number of aromatic nitrogens is 1. The van der Waals surface area contributed by atoms with Gasteiger partial charge in [-0.25, -0.2) is 0 Å². The van der Waals surface area contributed by atoms with Crippen LogP contribution in [0.2, 0.25) is 5.02 Å². The number of hydrogen-bond donors (Lipinski definition) is 1. The Morgan fingerprint density at radius 2 is 2.11 bits per heavy atom. The molecule has 3 rings (SSSR count). The van der Waals surface area contributed by atoms with Crippen molar-refractivity contribution in [2.75, 3.05) is 7.11 Å². The number of methoxy groups -OCH3 is 1. The molecule has 5 nitrogen and oxygen atoms in total. The summed E-state index contributed by atoms with van der Waals surface area (Å²) in [6.07, 6.45) is 3.60. The Balaban J connectivity index is 1.98. The predicted octanol–water partition coefficient (Wildman–Crippen LogP) is 4.41. The van der Waals surface area contributed by atoms with Crippen molar-refractivity contribution in [2.45, 2.75) is 58.1 Å². The summed E-state index contributed by atoms with van der Waals surface area (Å²) in [5.41, 5.74) is -0.267. The Morgan fingerprint density at radius 1 is 1.43 bits per heavy atom. The van der Waals surface area contributed by atoms with Crippen molar-refractivity contribution in [3.8, 4) is 5.75 Å². The first-order chi connectivity index (χ1) is 13.0. The van der Waals surface area contributed by atoms with E-state index in [0.29, 0.717) is 27.1 Å². The van der Waals surface area contributed by atoms with Gasteiger partial charge in [0.15, 0.2) is 4.80 Å². The maximum absolute atomic E-state index is 12.9. The highest BCUT2D eigenvalue weighted by Gasteiger charge is 2.38. The molecule has 1 aromatic carbocycles. The average molecular weight is 423 g/mol. The highest BCUT2D eigenvalue weighted by molar-refractivity contribution is 7.09. The van der Waals surface area contributed by atoms with Crippen LogP contribution < -0.4 is 9.54 Å². The SMILES string of the molecule is COc1ccc(Cl)cc1C(=O)/N=c1\sc(C(C)(C)C)cn1C[C@H]1C[C@](C)(O)C1. The molecule has 0 aliphatic heterocycles. The van der Waals surface area contributed by atoms with Crippen LogP contribution in [0.5, 0.6) is 5.75 Å². The van der Waals surface area contributed by atoms with E-state index in [-0.39, 0.29) is 11.3 Å². The van der Waals surface area contributed by atoms with E-state index in [4.69, 9.17) is 16.3 Å². The van der Waals surface area contributed by atoms with Gasteiger partial charge in [0.25, 0.3) is 5.91 Å². The molecule has 0 atom stereocenters. The van der Waals surface area contributed by atoms with Crippen molar-refractivity contribution >= 4 is 28.8 Å². The van der Waals surface area contributed by atoms with Crippen LogP contribution >= 0.6 is 22.9 Å². The molecule has 152 valence electrons. The van der Waals surface area contributed by atoms with Gasteiger partial charge in [-0.05, 0) is 49.3 Å². The van der Waals surface area contributed by atoms with Gasteiger partial charge in [0.05, 0.1) is 18.3 Å². The van der Waals surface area contributed by atoms with E-state index >= 15 is 0 Å². The molecule has 0 radical (unpaired) electrons. The second-order valence-electron chi connectivity index (χ2n) is 8.81. The third-order valence-corrected chi connectivity index (χ3v) is 6.64. The summed E-state index contributed by atoms with van der Waals surface area (Å²) in [6, 6.07) is 4.94. The van der Waals surface area contributed by atoms with Crippen LogP contribution in [0, 0.1) is 5.92 Å². The number of carbonyl (C=O) groups excluding carboxylic acids is 1. The zero-order valence-electron chi connectivity index (χ0n) is 17.0. The lowest BCUT2D eigenvalue weighted by molar-refractivity contribution is -0.0619. The fourth-order valence-electron chi connectivity index (χ4n) is 3.53. The molecular formula is C21H27ClN2O3S. The number of amides is 1. The molecule has 0 bridgehead atoms. The largest absolute Gasteiger partial charge is 0.496 e. The van der Waals surface area contributed by atoms with Gasteiger partial charge in [0.2, 0.25) is 0 Å². The Morgan fingerprint density at radius 3 is 2.68 bits per heavy atom. The summed E-state index contributed by atoms with van der Waals surface area (Å²) in [6.45, 7) is 9.03. The smallest absolute Gasteiger partial charge is 0.283 e. The first-order valence-corrected chi connectivity index (χ1v) is 10.5. The van der Waals surface area contributed by atoms with E-state index in [0.717, 1.165) is 24.3 Å². The van der Waals surface area contributed by atoms with Gasteiger partial charge in [0.1, 0.15) is 5.75 Å². The van der Waals surface area contributed by atoms with Crippen molar-refractivity contribution in [2.24, 2.45) is 10.9 Å². The molecule has 1 aromatic heterocycles. The van der Waals surface area contributed by atoms with Crippen molar-refractivity contribution in [3.63, 3.8) is 0 Å². The summed E-state index contributed by atoms with van der Waals surface area (Å²) in [5.74, 6) is 0.454. The standard InChI is InChI=1S/C21H27ClN2O3S/c1-20(2,3)17-12-24(11-13-9-21(4,26)10-13)19(28-17)23-18(25)15-8-14(22)6-7-16(15)27-5/h6-8,12-13,26H,9-11H2,1-5H3/b23-19-/t13-,21-. The number of aliphatic hydroxyl groups is 1. The second kappa shape index (κ2) is 7.65. The summed E-state index contributed by atoms with van der Waals surface area (Å²) < 4.78 is 7.33. The number of carbonyl (C=O) groups is 1. The third kappa shape index (κ3) is 4.67. The molecular weight excluding hydrogens is 396 g/mol. The lowest BCUT2D eigenvalue weighted by Gasteiger charge is -2.41. The number of nitrogens with zero attached hydrogens (tertiary/aromatic N) is 2. The molecule has 0 spiro atoms. The quantitative estimate of drug-likeness (QED) is 0.793. The first kappa shape index (κ1) is 21.1. The van der Waals surface area contributed by atoms with Gasteiger partial charge >= 0.3 is 0 Å². The van der Waals surface area contributed by atoms with E-state index in [1.807, 2.05) is 11.5 Å². The van der Waals surface area contributed by atoms with Gasteiger partial charge in [-0.15, -0.1) is 11.3 Å². The van der Waals surface area contributed by atoms with E-state index in [9.17, 15) is 9.90 Å². The van der Waals surface area contributed by atoms with Crippen LogP contribution in [-0.2, 0) is 12.0 Å². The maximum Gasteiger partial charge on any atom is 0.283 e. The van der Waals surface area contributed by atoms with Gasteiger partial charge < -0.3 is 14.4 Å². The molecule has 1 N–H and O–H groups in total. The summed E-state index contributed by atoms with van der Waals surface area (Å²) in [5, 5.41) is 10.5. The minimum Gasteiger partial charge on any atom is -0.496 e. The topological polar surface area (TPSA) is 63.8 Å². The van der Waals surface area contributed by atoms with Gasteiger partial charge in [-0.2, -0.15) is 4.99 Å². The number of benzene rings is 1. The molecule has 2 aromatic rings. The molecule has 1 saturated carbocycles. The molecule has 1 heterocycles. The molecule has 7 heteroatoms. The van der Waals surface area contributed by atoms with Crippen LogP contribution in [0.4, 0.5) is 0 Å². The molecule has 1 fully saturated rings. The van der Waals surface area contributed by atoms with Gasteiger partial charge in [-0.3, -0.25) is 4.79 Å². The normalized spacial score (nSPS) is 22.8. The molecule has 1 amide bonds. The number of thiazole rings is 1.